The van der Waals surface area contributed by atoms with Crippen molar-refractivity contribution in [3.63, 3.8) is 0 Å². The minimum atomic E-state index is 0. The first-order valence-electron chi connectivity index (χ1n) is 8.77. The van der Waals surface area contributed by atoms with E-state index in [4.69, 9.17) is 0 Å². The van der Waals surface area contributed by atoms with Crippen molar-refractivity contribution in [2.45, 2.75) is 6.42 Å². The Bertz CT molecular complexity index is 897. The number of allylic oxidation sites excluding steroid dienone is 9. The quantitative estimate of drug-likeness (QED) is 0.440. The molecule has 0 radical (unpaired) electrons. The Morgan fingerprint density at radius 2 is 1.50 bits per heavy atom. The number of rotatable bonds is 6. The summed E-state index contributed by atoms with van der Waals surface area (Å²) >= 11 is 0. The molecule has 0 heterocycles. The van der Waals surface area contributed by atoms with Gasteiger partial charge in [-0.15, -0.1) is 0 Å². The Morgan fingerprint density at radius 1 is 0.846 bits per heavy atom. The standard InChI is InChI=1S/C25H23N.H2/c1-3-24(20-12-8-7-9-13-20)25(4-2)21-16-18-23(19-17-21)26-22-14-10-5-6-11-15-22;/h3-10,12-19,26H,1-2,11H2;1H/b25-24-;. The third-order valence-electron chi connectivity index (χ3n) is 4.26. The lowest BCUT2D eigenvalue weighted by molar-refractivity contribution is 1.34. The lowest BCUT2D eigenvalue weighted by Gasteiger charge is -2.12. The zero-order valence-electron chi connectivity index (χ0n) is 14.9. The van der Waals surface area contributed by atoms with Crippen LogP contribution in [0.15, 0.2) is 116 Å². The smallest absolute Gasteiger partial charge is 0.0384 e. The first-order chi connectivity index (χ1) is 12.8. The highest BCUT2D eigenvalue weighted by Gasteiger charge is 2.06. The lowest BCUT2D eigenvalue weighted by atomic mass is 9.94. The van der Waals surface area contributed by atoms with Crippen LogP contribution in [0, 0.1) is 0 Å². The molecule has 0 fully saturated rings. The van der Waals surface area contributed by atoms with Crippen LogP contribution in [0.5, 0.6) is 0 Å². The van der Waals surface area contributed by atoms with Crippen molar-refractivity contribution < 1.29 is 1.43 Å². The van der Waals surface area contributed by atoms with E-state index in [-0.39, 0.29) is 1.43 Å². The van der Waals surface area contributed by atoms with Crippen molar-refractivity contribution in [1.82, 2.24) is 0 Å². The maximum atomic E-state index is 4.01. The largest absolute Gasteiger partial charge is 0.356 e. The Balaban J connectivity index is 0.00000261. The second kappa shape index (κ2) is 8.68. The molecule has 1 heteroatoms. The average Bonchev–Trinajstić information content (AvgIpc) is 2.96. The van der Waals surface area contributed by atoms with Crippen LogP contribution < -0.4 is 5.32 Å². The number of nitrogens with one attached hydrogen (secondary N) is 1. The molecular formula is C25H25N. The van der Waals surface area contributed by atoms with Gasteiger partial charge in [-0.05, 0) is 46.9 Å². The van der Waals surface area contributed by atoms with Crippen LogP contribution in [0.3, 0.4) is 0 Å². The molecule has 0 amide bonds. The van der Waals surface area contributed by atoms with E-state index in [0.717, 1.165) is 40.1 Å². The zero-order chi connectivity index (χ0) is 18.2. The SMILES string of the molecule is C=C/C(=C(\C=C)c1ccc(NC2=CCC=CC=C2)cc1)c1ccccc1.[HH]. The van der Waals surface area contributed by atoms with Gasteiger partial charge < -0.3 is 5.32 Å². The molecule has 130 valence electrons. The highest BCUT2D eigenvalue weighted by molar-refractivity contribution is 5.99. The van der Waals surface area contributed by atoms with Gasteiger partial charge in [0, 0.05) is 12.8 Å². The van der Waals surface area contributed by atoms with E-state index >= 15 is 0 Å². The van der Waals surface area contributed by atoms with Gasteiger partial charge in [0.1, 0.15) is 0 Å². The van der Waals surface area contributed by atoms with Crippen LogP contribution in [0.2, 0.25) is 0 Å². The van der Waals surface area contributed by atoms with Crippen LogP contribution >= 0.6 is 0 Å². The van der Waals surface area contributed by atoms with Crippen molar-refractivity contribution >= 4 is 16.8 Å². The molecule has 0 saturated carbocycles. The first kappa shape index (κ1) is 17.5. The van der Waals surface area contributed by atoms with Gasteiger partial charge in [0.25, 0.3) is 0 Å². The van der Waals surface area contributed by atoms with E-state index in [9.17, 15) is 0 Å². The van der Waals surface area contributed by atoms with E-state index in [1.807, 2.05) is 30.4 Å². The molecule has 0 saturated heterocycles. The maximum absolute atomic E-state index is 4.01. The van der Waals surface area contributed by atoms with Crippen molar-refractivity contribution in [2.24, 2.45) is 0 Å². The summed E-state index contributed by atoms with van der Waals surface area (Å²) in [5.74, 6) is 0. The maximum Gasteiger partial charge on any atom is 0.0384 e. The Kier molecular flexibility index (Phi) is 5.84. The van der Waals surface area contributed by atoms with Crippen molar-refractivity contribution in [3.8, 4) is 0 Å². The third kappa shape index (κ3) is 4.20. The summed E-state index contributed by atoms with van der Waals surface area (Å²) in [5.41, 5.74) is 6.60. The molecule has 1 nitrogen and oxygen atoms in total. The molecule has 0 spiro atoms. The summed E-state index contributed by atoms with van der Waals surface area (Å²) in [6.45, 7) is 8.01. The molecule has 3 rings (SSSR count). The third-order valence-corrected chi connectivity index (χ3v) is 4.26. The summed E-state index contributed by atoms with van der Waals surface area (Å²) < 4.78 is 0. The predicted molar refractivity (Wildman–Crippen MR) is 117 cm³/mol. The van der Waals surface area contributed by atoms with E-state index in [2.05, 4.69) is 85.3 Å². The second-order valence-electron chi connectivity index (χ2n) is 5.99. The monoisotopic (exact) mass is 339 g/mol. The summed E-state index contributed by atoms with van der Waals surface area (Å²) in [5, 5.41) is 3.45. The van der Waals surface area contributed by atoms with Crippen LogP contribution in [-0.2, 0) is 0 Å². The van der Waals surface area contributed by atoms with E-state index in [1.165, 1.54) is 0 Å². The van der Waals surface area contributed by atoms with E-state index < -0.39 is 0 Å². The van der Waals surface area contributed by atoms with Crippen molar-refractivity contribution in [3.05, 3.63) is 127 Å². The number of hydrogen-bond donors (Lipinski definition) is 1. The van der Waals surface area contributed by atoms with Crippen molar-refractivity contribution in [2.75, 3.05) is 5.32 Å². The first-order valence-corrected chi connectivity index (χ1v) is 8.77. The molecule has 0 atom stereocenters. The van der Waals surface area contributed by atoms with Crippen LogP contribution in [-0.4, -0.2) is 0 Å². The highest BCUT2D eigenvalue weighted by atomic mass is 14.9. The van der Waals surface area contributed by atoms with Crippen LogP contribution in [0.25, 0.3) is 11.1 Å². The fourth-order valence-corrected chi connectivity index (χ4v) is 2.96. The van der Waals surface area contributed by atoms with Gasteiger partial charge in [0.05, 0.1) is 0 Å². The van der Waals surface area contributed by atoms with E-state index in [0.29, 0.717) is 0 Å². The second-order valence-corrected chi connectivity index (χ2v) is 5.99. The fourth-order valence-electron chi connectivity index (χ4n) is 2.96. The Hall–Kier alpha value is -3.32. The Morgan fingerprint density at radius 3 is 2.15 bits per heavy atom. The number of benzene rings is 2. The van der Waals surface area contributed by atoms with Crippen molar-refractivity contribution in [1.29, 1.82) is 0 Å². The van der Waals surface area contributed by atoms with Gasteiger partial charge in [-0.1, -0.05) is 92.1 Å². The van der Waals surface area contributed by atoms with Gasteiger partial charge in [-0.25, -0.2) is 0 Å². The summed E-state index contributed by atoms with van der Waals surface area (Å²) in [4.78, 5) is 0. The highest BCUT2D eigenvalue weighted by Crippen LogP contribution is 2.29. The zero-order valence-corrected chi connectivity index (χ0v) is 14.9. The van der Waals surface area contributed by atoms with E-state index in [1.54, 1.807) is 0 Å². The Labute approximate surface area is 157 Å². The predicted octanol–water partition coefficient (Wildman–Crippen LogP) is 7.03. The van der Waals surface area contributed by atoms with Gasteiger partial charge in [0.15, 0.2) is 0 Å². The molecular weight excluding hydrogens is 314 g/mol. The molecule has 0 aliphatic heterocycles. The fraction of sp³-hybridized carbons (Fsp3) is 0.0400. The van der Waals surface area contributed by atoms with Crippen LogP contribution in [0.1, 0.15) is 19.0 Å². The topological polar surface area (TPSA) is 12.0 Å². The minimum absolute atomic E-state index is 0. The average molecular weight is 339 g/mol. The molecule has 0 aromatic heterocycles. The van der Waals surface area contributed by atoms with Gasteiger partial charge >= 0.3 is 0 Å². The minimum Gasteiger partial charge on any atom is -0.356 e. The summed E-state index contributed by atoms with van der Waals surface area (Å²) in [6.07, 6.45) is 15.2. The van der Waals surface area contributed by atoms with Crippen LogP contribution in [0.4, 0.5) is 5.69 Å². The summed E-state index contributed by atoms with van der Waals surface area (Å²) in [6, 6.07) is 18.7. The number of hydrogen-bond acceptors (Lipinski definition) is 1. The van der Waals surface area contributed by atoms with Gasteiger partial charge in [0.2, 0.25) is 0 Å². The van der Waals surface area contributed by atoms with Gasteiger partial charge in [-0.2, -0.15) is 0 Å². The van der Waals surface area contributed by atoms with Gasteiger partial charge in [-0.3, -0.25) is 0 Å². The molecule has 1 aliphatic carbocycles. The molecule has 1 aliphatic rings. The molecule has 0 bridgehead atoms. The molecule has 0 unspecified atom stereocenters. The molecule has 26 heavy (non-hydrogen) atoms. The lowest BCUT2D eigenvalue weighted by Crippen LogP contribution is -1.97. The number of anilines is 1. The summed E-state index contributed by atoms with van der Waals surface area (Å²) in [7, 11) is 0. The molecule has 1 N–H and O–H groups in total. The molecule has 2 aromatic carbocycles. The molecule has 2 aromatic rings. The normalized spacial score (nSPS) is 14.1.